The van der Waals surface area contributed by atoms with Gasteiger partial charge in [0.25, 0.3) is 0 Å². The molecule has 0 amide bonds. The van der Waals surface area contributed by atoms with E-state index in [1.807, 2.05) is 48.5 Å². The maximum Gasteiger partial charge on any atom is 0.235 e. The molecule has 0 aliphatic carbocycles. The van der Waals surface area contributed by atoms with E-state index in [0.29, 0.717) is 12.1 Å². The Hall–Kier alpha value is -2.86. The lowest BCUT2D eigenvalue weighted by Crippen LogP contribution is -2.33. The van der Waals surface area contributed by atoms with Crippen LogP contribution in [0.4, 0.5) is 5.69 Å². The molecule has 0 saturated heterocycles. The summed E-state index contributed by atoms with van der Waals surface area (Å²) < 4.78 is 32.9. The second-order valence-corrected chi connectivity index (χ2v) is 8.13. The van der Waals surface area contributed by atoms with Crippen LogP contribution >= 0.6 is 0 Å². The van der Waals surface area contributed by atoms with Gasteiger partial charge in [-0.3, -0.25) is 9.29 Å². The van der Waals surface area contributed by atoms with Crippen molar-refractivity contribution in [2.24, 2.45) is 0 Å². The number of hydrogen-bond acceptors (Lipinski definition) is 4. The van der Waals surface area contributed by atoms with E-state index < -0.39 is 10.0 Å². The molecule has 5 nitrogen and oxygen atoms in total. The number of aryl methyl sites for hydroxylation is 1. The molecule has 2 aromatic carbocycles. The number of nitrogens with zero attached hydrogens (tertiary/aromatic N) is 2. The summed E-state index contributed by atoms with van der Waals surface area (Å²) in [5, 5.41) is 0. The molecule has 0 unspecified atom stereocenters. The number of pyridine rings is 1. The van der Waals surface area contributed by atoms with Crippen molar-refractivity contribution in [3.8, 4) is 5.75 Å². The fraction of sp³-hybridized carbons (Fsp3) is 0.190. The van der Waals surface area contributed by atoms with Crippen molar-refractivity contribution in [3.05, 3.63) is 90.3 Å². The lowest BCUT2D eigenvalue weighted by Gasteiger charge is -2.24. The molecule has 27 heavy (non-hydrogen) atoms. The molecule has 3 rings (SSSR count). The van der Waals surface area contributed by atoms with Crippen LogP contribution in [0.2, 0.25) is 0 Å². The Morgan fingerprint density at radius 1 is 0.963 bits per heavy atom. The lowest BCUT2D eigenvalue weighted by molar-refractivity contribution is 0.414. The van der Waals surface area contributed by atoms with Crippen LogP contribution in [-0.4, -0.2) is 26.3 Å². The molecule has 0 saturated carbocycles. The van der Waals surface area contributed by atoms with Gasteiger partial charge in [0.15, 0.2) is 0 Å². The second kappa shape index (κ2) is 8.68. The van der Waals surface area contributed by atoms with Gasteiger partial charge >= 0.3 is 0 Å². The van der Waals surface area contributed by atoms with Crippen molar-refractivity contribution in [1.82, 2.24) is 4.98 Å². The highest BCUT2D eigenvalue weighted by Crippen LogP contribution is 2.22. The summed E-state index contributed by atoms with van der Waals surface area (Å²) in [5.41, 5.74) is 2.41. The van der Waals surface area contributed by atoms with Gasteiger partial charge in [-0.05, 0) is 47.9 Å². The van der Waals surface area contributed by atoms with Gasteiger partial charge in [-0.15, -0.1) is 0 Å². The Kier molecular flexibility index (Phi) is 6.08. The zero-order chi connectivity index (χ0) is 19.1. The fourth-order valence-corrected chi connectivity index (χ4v) is 4.29. The van der Waals surface area contributed by atoms with Gasteiger partial charge in [0.1, 0.15) is 5.75 Å². The van der Waals surface area contributed by atoms with E-state index >= 15 is 0 Å². The number of aromatic nitrogens is 1. The Bertz CT molecular complexity index is 961. The lowest BCUT2D eigenvalue weighted by atomic mass is 10.2. The van der Waals surface area contributed by atoms with Crippen LogP contribution < -0.4 is 9.04 Å². The van der Waals surface area contributed by atoms with E-state index in [1.54, 1.807) is 37.7 Å². The van der Waals surface area contributed by atoms with E-state index in [2.05, 4.69) is 4.98 Å². The van der Waals surface area contributed by atoms with E-state index in [4.69, 9.17) is 4.74 Å². The summed E-state index contributed by atoms with van der Waals surface area (Å²) in [6.07, 6.45) is 3.77. The van der Waals surface area contributed by atoms with Crippen LogP contribution in [-0.2, 0) is 23.0 Å². The standard InChI is InChI=1S/C21H22N2O3S/c1-26-21-11-5-7-18(15-21)12-14-27(24,25)23(20-9-3-2-4-10-20)17-19-8-6-13-22-16-19/h2-11,13,15-16H,12,14,17H2,1H3. The minimum Gasteiger partial charge on any atom is -0.497 e. The topological polar surface area (TPSA) is 59.5 Å². The smallest absolute Gasteiger partial charge is 0.235 e. The van der Waals surface area contributed by atoms with E-state index in [-0.39, 0.29) is 12.3 Å². The predicted octanol–water partition coefficient (Wildman–Crippen LogP) is 3.67. The van der Waals surface area contributed by atoms with Crippen molar-refractivity contribution >= 4 is 15.7 Å². The molecule has 140 valence electrons. The van der Waals surface area contributed by atoms with Gasteiger partial charge in [-0.2, -0.15) is 0 Å². The molecule has 0 radical (unpaired) electrons. The van der Waals surface area contributed by atoms with Crippen LogP contribution in [0.25, 0.3) is 0 Å². The fourth-order valence-electron chi connectivity index (χ4n) is 2.79. The number of hydrogen-bond donors (Lipinski definition) is 0. The van der Waals surface area contributed by atoms with Crippen molar-refractivity contribution in [3.63, 3.8) is 0 Å². The Labute approximate surface area is 160 Å². The summed E-state index contributed by atoms with van der Waals surface area (Å²) in [4.78, 5) is 4.09. The first kappa shape index (κ1) is 18.9. The molecule has 1 aromatic heterocycles. The molecule has 0 atom stereocenters. The second-order valence-electron chi connectivity index (χ2n) is 6.12. The van der Waals surface area contributed by atoms with Crippen molar-refractivity contribution in [2.45, 2.75) is 13.0 Å². The first-order valence-electron chi connectivity index (χ1n) is 8.66. The van der Waals surface area contributed by atoms with Crippen LogP contribution in [0.15, 0.2) is 79.1 Å². The first-order chi connectivity index (χ1) is 13.1. The van der Waals surface area contributed by atoms with Gasteiger partial charge in [0, 0.05) is 12.4 Å². The molecule has 0 bridgehead atoms. The minimum absolute atomic E-state index is 0.00925. The number of benzene rings is 2. The van der Waals surface area contributed by atoms with Crippen molar-refractivity contribution in [1.29, 1.82) is 0 Å². The average Bonchev–Trinajstić information content (AvgIpc) is 2.72. The zero-order valence-corrected chi connectivity index (χ0v) is 16.0. The molecule has 0 aliphatic heterocycles. The Balaban J connectivity index is 1.83. The maximum atomic E-state index is 13.1. The van der Waals surface area contributed by atoms with E-state index in [1.165, 1.54) is 4.31 Å². The van der Waals surface area contributed by atoms with Gasteiger partial charge in [0.05, 0.1) is 25.1 Å². The summed E-state index contributed by atoms with van der Waals surface area (Å²) in [6.45, 7) is 0.248. The van der Waals surface area contributed by atoms with Gasteiger partial charge < -0.3 is 4.74 Å². The molecule has 6 heteroatoms. The molecular formula is C21H22N2O3S. The van der Waals surface area contributed by atoms with Crippen molar-refractivity contribution in [2.75, 3.05) is 17.2 Å². The third-order valence-electron chi connectivity index (χ3n) is 4.21. The molecule has 0 N–H and O–H groups in total. The highest BCUT2D eigenvalue weighted by atomic mass is 32.2. The number of sulfonamides is 1. The summed E-state index contributed by atoms with van der Waals surface area (Å²) >= 11 is 0. The molecule has 0 aliphatic rings. The Morgan fingerprint density at radius 3 is 2.44 bits per heavy atom. The molecular weight excluding hydrogens is 360 g/mol. The van der Waals surface area contributed by atoms with Crippen LogP contribution in [0.1, 0.15) is 11.1 Å². The SMILES string of the molecule is COc1cccc(CCS(=O)(=O)N(Cc2cccnc2)c2ccccc2)c1. The van der Waals surface area contributed by atoms with Crippen molar-refractivity contribution < 1.29 is 13.2 Å². The zero-order valence-electron chi connectivity index (χ0n) is 15.2. The average molecular weight is 382 g/mol. The summed E-state index contributed by atoms with van der Waals surface area (Å²) in [7, 11) is -1.93. The largest absolute Gasteiger partial charge is 0.497 e. The molecule has 0 fully saturated rings. The van der Waals surface area contributed by atoms with Crippen LogP contribution in [0, 0.1) is 0 Å². The third kappa shape index (κ3) is 5.08. The normalized spacial score (nSPS) is 11.1. The Morgan fingerprint density at radius 2 is 1.74 bits per heavy atom. The molecule has 0 spiro atoms. The summed E-state index contributed by atoms with van der Waals surface area (Å²) in [6, 6.07) is 20.3. The monoisotopic (exact) mass is 382 g/mol. The molecule has 3 aromatic rings. The van der Waals surface area contributed by atoms with Crippen LogP contribution in [0.3, 0.4) is 0 Å². The summed E-state index contributed by atoms with van der Waals surface area (Å²) in [5.74, 6) is 0.732. The maximum absolute atomic E-state index is 13.1. The number of methoxy groups -OCH3 is 1. The minimum atomic E-state index is -3.53. The number of para-hydroxylation sites is 1. The van der Waals surface area contributed by atoms with Gasteiger partial charge in [-0.1, -0.05) is 36.4 Å². The highest BCUT2D eigenvalue weighted by molar-refractivity contribution is 7.92. The number of anilines is 1. The van der Waals surface area contributed by atoms with Gasteiger partial charge in [0.2, 0.25) is 10.0 Å². The van der Waals surface area contributed by atoms with E-state index in [0.717, 1.165) is 16.9 Å². The molecule has 1 heterocycles. The number of rotatable bonds is 8. The first-order valence-corrected chi connectivity index (χ1v) is 10.3. The van der Waals surface area contributed by atoms with Crippen LogP contribution in [0.5, 0.6) is 5.75 Å². The van der Waals surface area contributed by atoms with E-state index in [9.17, 15) is 8.42 Å². The predicted molar refractivity (Wildman–Crippen MR) is 107 cm³/mol. The number of ether oxygens (including phenoxy) is 1. The highest BCUT2D eigenvalue weighted by Gasteiger charge is 2.23. The quantitative estimate of drug-likeness (QED) is 0.596. The van der Waals surface area contributed by atoms with Gasteiger partial charge in [-0.25, -0.2) is 8.42 Å². The third-order valence-corrected chi connectivity index (χ3v) is 5.94.